The molecule has 1 saturated heterocycles. The summed E-state index contributed by atoms with van der Waals surface area (Å²) in [5.41, 5.74) is 2.27. The van der Waals surface area contributed by atoms with Crippen LogP contribution >= 0.6 is 0 Å². The van der Waals surface area contributed by atoms with Crippen molar-refractivity contribution in [1.82, 2.24) is 9.55 Å². The summed E-state index contributed by atoms with van der Waals surface area (Å²) >= 11 is 0. The van der Waals surface area contributed by atoms with E-state index in [4.69, 9.17) is 15.6 Å². The van der Waals surface area contributed by atoms with E-state index in [0.29, 0.717) is 0 Å². The van der Waals surface area contributed by atoms with Gasteiger partial charge in [0, 0.05) is 6.20 Å². The molecule has 1 aromatic rings. The average molecular weight is 268 g/mol. The molecular formula is C10H12N4O5. The van der Waals surface area contributed by atoms with Gasteiger partial charge in [0.1, 0.15) is 30.2 Å². The summed E-state index contributed by atoms with van der Waals surface area (Å²) < 4.78 is 5.88. The molecule has 2 unspecified atom stereocenters. The number of nitrogen functional groups attached to an aromatic ring is 1. The molecule has 0 saturated carbocycles. The summed E-state index contributed by atoms with van der Waals surface area (Å²) in [5.74, 6) is -0.0546. The molecule has 19 heavy (non-hydrogen) atoms. The highest BCUT2D eigenvalue weighted by molar-refractivity contribution is 5.25. The lowest BCUT2D eigenvalue weighted by Gasteiger charge is -2.26. The summed E-state index contributed by atoms with van der Waals surface area (Å²) in [6, 6.07) is 2.88. The Labute approximate surface area is 107 Å². The van der Waals surface area contributed by atoms with E-state index in [1.165, 1.54) is 6.07 Å². The van der Waals surface area contributed by atoms with Crippen LogP contribution in [0.4, 0.5) is 5.82 Å². The molecule has 1 fully saturated rings. The Bertz CT molecular complexity index is 582. The first-order chi connectivity index (χ1) is 8.96. The number of aromatic nitrogens is 2. The minimum absolute atomic E-state index is 0.0546. The van der Waals surface area contributed by atoms with E-state index < -0.39 is 36.3 Å². The Kier molecular flexibility index (Phi) is 3.25. The zero-order valence-electron chi connectivity index (χ0n) is 9.67. The first-order valence-corrected chi connectivity index (χ1v) is 5.38. The number of anilines is 1. The molecule has 2 rings (SSSR count). The normalized spacial score (nSPS) is 34.1. The van der Waals surface area contributed by atoms with Gasteiger partial charge in [-0.05, 0) is 6.07 Å². The van der Waals surface area contributed by atoms with E-state index in [1.54, 1.807) is 6.07 Å². The van der Waals surface area contributed by atoms with Crippen molar-refractivity contribution in [1.29, 1.82) is 5.26 Å². The molecule has 1 aromatic heterocycles. The molecule has 0 amide bonds. The van der Waals surface area contributed by atoms with Gasteiger partial charge in [0.15, 0.2) is 0 Å². The highest BCUT2D eigenvalue weighted by Crippen LogP contribution is 2.34. The highest BCUT2D eigenvalue weighted by Gasteiger charge is 2.56. The van der Waals surface area contributed by atoms with Crippen molar-refractivity contribution in [3.63, 3.8) is 0 Å². The number of hydrogen-bond acceptors (Lipinski definition) is 8. The number of aliphatic hydroxyl groups excluding tert-OH is 3. The van der Waals surface area contributed by atoms with Crippen LogP contribution in [0.3, 0.4) is 0 Å². The first-order valence-electron chi connectivity index (χ1n) is 5.38. The molecule has 2 heterocycles. The van der Waals surface area contributed by atoms with E-state index in [-0.39, 0.29) is 5.82 Å². The van der Waals surface area contributed by atoms with Gasteiger partial charge in [0.05, 0.1) is 6.61 Å². The van der Waals surface area contributed by atoms with Gasteiger partial charge in [-0.25, -0.2) is 4.79 Å². The second-order valence-corrected chi connectivity index (χ2v) is 4.09. The van der Waals surface area contributed by atoms with Crippen LogP contribution in [0.2, 0.25) is 0 Å². The minimum atomic E-state index is -2.15. The Morgan fingerprint density at radius 3 is 2.79 bits per heavy atom. The smallest absolute Gasteiger partial charge is 0.352 e. The lowest BCUT2D eigenvalue weighted by molar-refractivity contribution is -0.109. The standard InChI is InChI=1S/C10H12N4O5/c11-4-10(8(17)7(16)5(3-15)19-10)14-2-1-6(12)13-9(14)18/h1-2,5,7-8,15-17H,3H2,(H2,12,13,18)/t5-,7?,8?,10-/m1/s1. The molecule has 9 nitrogen and oxygen atoms in total. The fourth-order valence-corrected chi connectivity index (χ4v) is 1.96. The summed E-state index contributed by atoms with van der Waals surface area (Å²) in [6.45, 7) is -0.612. The van der Waals surface area contributed by atoms with Crippen LogP contribution in [0.25, 0.3) is 0 Å². The molecule has 0 aromatic carbocycles. The predicted octanol–water partition coefficient (Wildman–Crippen LogP) is -2.89. The zero-order valence-corrected chi connectivity index (χ0v) is 9.67. The van der Waals surface area contributed by atoms with Gasteiger partial charge in [-0.1, -0.05) is 0 Å². The van der Waals surface area contributed by atoms with Gasteiger partial charge < -0.3 is 25.8 Å². The van der Waals surface area contributed by atoms with Crippen molar-refractivity contribution in [2.45, 2.75) is 24.0 Å². The van der Waals surface area contributed by atoms with E-state index in [9.17, 15) is 20.3 Å². The second kappa shape index (κ2) is 4.60. The van der Waals surface area contributed by atoms with Crippen LogP contribution in [0.15, 0.2) is 17.1 Å². The van der Waals surface area contributed by atoms with E-state index in [1.807, 2.05) is 0 Å². The van der Waals surface area contributed by atoms with Crippen molar-refractivity contribution < 1.29 is 20.1 Å². The Morgan fingerprint density at radius 2 is 2.32 bits per heavy atom. The Hall–Kier alpha value is -1.99. The summed E-state index contributed by atoms with van der Waals surface area (Å²) in [6.07, 6.45) is -3.27. The van der Waals surface area contributed by atoms with E-state index >= 15 is 0 Å². The number of nitriles is 1. The SMILES string of the molecule is N#C[C@@]1(n2ccc(N)nc2=O)O[C@H](CO)C(O)C1O. The van der Waals surface area contributed by atoms with Crippen molar-refractivity contribution in [2.75, 3.05) is 12.3 Å². The molecule has 0 bridgehead atoms. The summed E-state index contributed by atoms with van der Waals surface area (Å²) in [5, 5.41) is 37.8. The maximum absolute atomic E-state index is 11.7. The zero-order chi connectivity index (χ0) is 14.2. The van der Waals surface area contributed by atoms with Crippen LogP contribution in [0.5, 0.6) is 0 Å². The topological polar surface area (TPSA) is 155 Å². The molecule has 1 aliphatic heterocycles. The first kappa shape index (κ1) is 13.4. The monoisotopic (exact) mass is 268 g/mol. The lowest BCUT2D eigenvalue weighted by Crippen LogP contribution is -2.49. The number of aliphatic hydroxyl groups is 3. The number of ether oxygens (including phenoxy) is 1. The number of nitrogens with zero attached hydrogens (tertiary/aromatic N) is 3. The van der Waals surface area contributed by atoms with Crippen LogP contribution in [0.1, 0.15) is 0 Å². The largest absolute Gasteiger partial charge is 0.394 e. The Balaban J connectivity index is 2.56. The van der Waals surface area contributed by atoms with Gasteiger partial charge in [-0.2, -0.15) is 10.2 Å². The van der Waals surface area contributed by atoms with Crippen molar-refractivity contribution >= 4 is 5.82 Å². The second-order valence-electron chi connectivity index (χ2n) is 4.09. The highest BCUT2D eigenvalue weighted by atomic mass is 16.6. The third-order valence-corrected chi connectivity index (χ3v) is 2.96. The van der Waals surface area contributed by atoms with Crippen LogP contribution in [-0.2, 0) is 10.5 Å². The minimum Gasteiger partial charge on any atom is -0.394 e. The van der Waals surface area contributed by atoms with Crippen LogP contribution < -0.4 is 11.4 Å². The lowest BCUT2D eigenvalue weighted by atomic mass is 10.0. The summed E-state index contributed by atoms with van der Waals surface area (Å²) in [4.78, 5) is 15.1. The van der Waals surface area contributed by atoms with Gasteiger partial charge in [-0.15, -0.1) is 0 Å². The number of hydrogen-bond donors (Lipinski definition) is 4. The molecule has 0 spiro atoms. The fraction of sp³-hybridized carbons (Fsp3) is 0.500. The van der Waals surface area contributed by atoms with Gasteiger partial charge in [0.25, 0.3) is 5.72 Å². The molecule has 1 aliphatic rings. The molecule has 102 valence electrons. The summed E-state index contributed by atoms with van der Waals surface area (Å²) in [7, 11) is 0. The molecule has 4 atom stereocenters. The quantitative estimate of drug-likeness (QED) is 0.445. The van der Waals surface area contributed by atoms with Gasteiger partial charge in [0.2, 0.25) is 0 Å². The molecule has 0 aliphatic carbocycles. The average Bonchev–Trinajstić information content (AvgIpc) is 2.64. The number of nitrogens with two attached hydrogens (primary N) is 1. The van der Waals surface area contributed by atoms with E-state index in [0.717, 1.165) is 10.8 Å². The molecule has 0 radical (unpaired) electrons. The maximum atomic E-state index is 11.7. The van der Waals surface area contributed by atoms with E-state index in [2.05, 4.69) is 4.98 Å². The van der Waals surface area contributed by atoms with Crippen molar-refractivity contribution in [2.24, 2.45) is 0 Å². The Morgan fingerprint density at radius 1 is 1.63 bits per heavy atom. The maximum Gasteiger partial charge on any atom is 0.352 e. The predicted molar refractivity (Wildman–Crippen MR) is 60.5 cm³/mol. The van der Waals surface area contributed by atoms with Gasteiger partial charge >= 0.3 is 5.69 Å². The number of rotatable bonds is 2. The van der Waals surface area contributed by atoms with Crippen LogP contribution in [-0.4, -0.2) is 49.8 Å². The fourth-order valence-electron chi connectivity index (χ4n) is 1.96. The van der Waals surface area contributed by atoms with Crippen molar-refractivity contribution in [3.05, 3.63) is 22.7 Å². The van der Waals surface area contributed by atoms with Crippen LogP contribution in [0, 0.1) is 11.3 Å². The van der Waals surface area contributed by atoms with Gasteiger partial charge in [-0.3, -0.25) is 4.57 Å². The van der Waals surface area contributed by atoms with Crippen molar-refractivity contribution in [3.8, 4) is 6.07 Å². The molecular weight excluding hydrogens is 256 g/mol. The third kappa shape index (κ3) is 1.87. The molecule has 5 N–H and O–H groups in total. The third-order valence-electron chi connectivity index (χ3n) is 2.96. The molecule has 9 heteroatoms.